The summed E-state index contributed by atoms with van der Waals surface area (Å²) in [7, 11) is 0. The van der Waals surface area contributed by atoms with E-state index in [2.05, 4.69) is 26.9 Å². The third kappa shape index (κ3) is 3.30. The molecule has 0 aliphatic rings. The number of thiophene rings is 2. The maximum Gasteiger partial charge on any atom is 0.267 e. The van der Waals surface area contributed by atoms with Gasteiger partial charge in [0.25, 0.3) is 5.91 Å². The van der Waals surface area contributed by atoms with Crippen LogP contribution in [0.25, 0.3) is 10.1 Å². The predicted molar refractivity (Wildman–Crippen MR) is 101 cm³/mol. The van der Waals surface area contributed by atoms with Crippen molar-refractivity contribution in [2.45, 2.75) is 6.54 Å². The van der Waals surface area contributed by atoms with E-state index in [4.69, 9.17) is 0 Å². The number of benzene rings is 1. The van der Waals surface area contributed by atoms with Crippen molar-refractivity contribution in [3.8, 4) is 0 Å². The van der Waals surface area contributed by atoms with Crippen LogP contribution in [0, 0.1) is 0 Å². The van der Waals surface area contributed by atoms with Crippen LogP contribution in [0.4, 0.5) is 10.3 Å². The highest BCUT2D eigenvalue weighted by atomic mass is 32.1. The fraction of sp³-hybridized carbons (Fsp3) is 0.0625. The zero-order chi connectivity index (χ0) is 16.4. The SMILES string of the molecule is O=C(Nc1nnc(NCc2cccs2)s1)c1cc2ccccc2s1. The Balaban J connectivity index is 1.42. The number of carbonyl (C=O) groups is 1. The molecule has 1 aromatic carbocycles. The molecule has 1 amide bonds. The average molecular weight is 373 g/mol. The molecule has 0 radical (unpaired) electrons. The Morgan fingerprint density at radius 2 is 1.92 bits per heavy atom. The van der Waals surface area contributed by atoms with Crippen molar-refractivity contribution in [2.75, 3.05) is 10.6 Å². The Labute approximate surface area is 150 Å². The van der Waals surface area contributed by atoms with Gasteiger partial charge < -0.3 is 5.32 Å². The minimum Gasteiger partial charge on any atom is -0.355 e. The number of aromatic nitrogens is 2. The van der Waals surface area contributed by atoms with Gasteiger partial charge in [-0.05, 0) is 29.0 Å². The third-order valence-electron chi connectivity index (χ3n) is 3.29. The second-order valence-corrected chi connectivity index (χ2v) is 8.04. The third-order valence-corrected chi connectivity index (χ3v) is 6.08. The molecule has 3 heterocycles. The lowest BCUT2D eigenvalue weighted by Gasteiger charge is -1.98. The van der Waals surface area contributed by atoms with Crippen LogP contribution in [-0.4, -0.2) is 16.1 Å². The first-order valence-corrected chi connectivity index (χ1v) is 9.69. The monoisotopic (exact) mass is 372 g/mol. The Morgan fingerprint density at radius 3 is 2.75 bits per heavy atom. The number of fused-ring (bicyclic) bond motifs is 1. The fourth-order valence-corrected chi connectivity index (χ4v) is 4.41. The lowest BCUT2D eigenvalue weighted by atomic mass is 10.2. The van der Waals surface area contributed by atoms with Crippen LogP contribution in [0.5, 0.6) is 0 Å². The molecule has 0 saturated carbocycles. The molecule has 5 nitrogen and oxygen atoms in total. The molecule has 120 valence electrons. The molecule has 0 bridgehead atoms. The van der Waals surface area contributed by atoms with Gasteiger partial charge in [-0.25, -0.2) is 0 Å². The van der Waals surface area contributed by atoms with Crippen LogP contribution >= 0.6 is 34.0 Å². The van der Waals surface area contributed by atoms with Gasteiger partial charge in [0.15, 0.2) is 0 Å². The van der Waals surface area contributed by atoms with E-state index >= 15 is 0 Å². The second kappa shape index (κ2) is 6.68. The van der Waals surface area contributed by atoms with Crippen molar-refractivity contribution in [1.82, 2.24) is 10.2 Å². The molecule has 3 aromatic heterocycles. The number of rotatable bonds is 5. The van der Waals surface area contributed by atoms with Crippen LogP contribution < -0.4 is 10.6 Å². The minimum atomic E-state index is -0.155. The Morgan fingerprint density at radius 1 is 1.04 bits per heavy atom. The predicted octanol–water partition coefficient (Wildman–Crippen LogP) is 4.68. The van der Waals surface area contributed by atoms with E-state index in [1.807, 2.05) is 41.8 Å². The number of anilines is 2. The average Bonchev–Trinajstić information content (AvgIpc) is 3.33. The summed E-state index contributed by atoms with van der Waals surface area (Å²) >= 11 is 4.48. The summed E-state index contributed by atoms with van der Waals surface area (Å²) in [6.45, 7) is 0.705. The summed E-state index contributed by atoms with van der Waals surface area (Å²) in [5.74, 6) is -0.155. The van der Waals surface area contributed by atoms with Crippen molar-refractivity contribution in [2.24, 2.45) is 0 Å². The molecule has 2 N–H and O–H groups in total. The topological polar surface area (TPSA) is 66.9 Å². The smallest absolute Gasteiger partial charge is 0.267 e. The number of hydrogen-bond donors (Lipinski definition) is 2. The largest absolute Gasteiger partial charge is 0.355 e. The standard InChI is InChI=1S/C16H12N4OS3/c21-14(13-8-10-4-1-2-6-12(10)23-13)18-16-20-19-15(24-16)17-9-11-5-3-7-22-11/h1-8H,9H2,(H,17,19)(H,18,20,21). The second-order valence-electron chi connectivity index (χ2n) is 4.95. The molecule has 0 aliphatic heterocycles. The molecule has 0 atom stereocenters. The van der Waals surface area contributed by atoms with Gasteiger partial charge in [-0.3, -0.25) is 10.1 Å². The van der Waals surface area contributed by atoms with Crippen molar-refractivity contribution in [3.05, 3.63) is 57.6 Å². The fourth-order valence-electron chi connectivity index (χ4n) is 2.17. The molecular weight excluding hydrogens is 360 g/mol. The lowest BCUT2D eigenvalue weighted by molar-refractivity contribution is 0.103. The van der Waals surface area contributed by atoms with Crippen molar-refractivity contribution >= 4 is 60.3 Å². The Kier molecular flexibility index (Phi) is 4.24. The van der Waals surface area contributed by atoms with Gasteiger partial charge in [-0.2, -0.15) is 0 Å². The van der Waals surface area contributed by atoms with E-state index in [0.29, 0.717) is 21.7 Å². The van der Waals surface area contributed by atoms with Gasteiger partial charge in [-0.15, -0.1) is 32.9 Å². The molecule has 8 heteroatoms. The molecule has 0 saturated heterocycles. The molecule has 0 spiro atoms. The molecule has 0 unspecified atom stereocenters. The van der Waals surface area contributed by atoms with E-state index in [1.54, 1.807) is 11.3 Å². The maximum atomic E-state index is 12.4. The van der Waals surface area contributed by atoms with Gasteiger partial charge in [-0.1, -0.05) is 35.6 Å². The van der Waals surface area contributed by atoms with E-state index < -0.39 is 0 Å². The van der Waals surface area contributed by atoms with Gasteiger partial charge in [0.1, 0.15) is 0 Å². The summed E-state index contributed by atoms with van der Waals surface area (Å²) in [6.07, 6.45) is 0. The summed E-state index contributed by atoms with van der Waals surface area (Å²) in [5, 5.41) is 18.4. The van der Waals surface area contributed by atoms with Crippen LogP contribution in [-0.2, 0) is 6.54 Å². The molecule has 4 aromatic rings. The quantitative estimate of drug-likeness (QED) is 0.534. The van der Waals surface area contributed by atoms with Crippen molar-refractivity contribution in [3.63, 3.8) is 0 Å². The molecule has 4 rings (SSSR count). The lowest BCUT2D eigenvalue weighted by Crippen LogP contribution is -2.09. The number of amides is 1. The van der Waals surface area contributed by atoms with Crippen LogP contribution in [0.15, 0.2) is 47.8 Å². The normalized spacial score (nSPS) is 10.8. The molecule has 24 heavy (non-hydrogen) atoms. The van der Waals surface area contributed by atoms with Crippen LogP contribution in [0.2, 0.25) is 0 Å². The summed E-state index contributed by atoms with van der Waals surface area (Å²) in [6, 6.07) is 13.9. The molecule has 0 fully saturated rings. The zero-order valence-corrected chi connectivity index (χ0v) is 14.8. The van der Waals surface area contributed by atoms with Gasteiger partial charge >= 0.3 is 0 Å². The van der Waals surface area contributed by atoms with Crippen molar-refractivity contribution in [1.29, 1.82) is 0 Å². The Bertz CT molecular complexity index is 941. The van der Waals surface area contributed by atoms with Crippen molar-refractivity contribution < 1.29 is 4.79 Å². The minimum absolute atomic E-state index is 0.155. The Hall–Kier alpha value is -2.29. The first-order chi connectivity index (χ1) is 11.8. The number of hydrogen-bond acceptors (Lipinski definition) is 7. The van der Waals surface area contributed by atoms with E-state index in [-0.39, 0.29) is 5.91 Å². The molecule has 0 aliphatic carbocycles. The summed E-state index contributed by atoms with van der Waals surface area (Å²) < 4.78 is 1.10. The summed E-state index contributed by atoms with van der Waals surface area (Å²) in [4.78, 5) is 14.2. The van der Waals surface area contributed by atoms with E-state index in [9.17, 15) is 4.79 Å². The van der Waals surface area contributed by atoms with Gasteiger partial charge in [0.05, 0.1) is 11.4 Å². The first-order valence-electron chi connectivity index (χ1n) is 7.17. The highest BCUT2D eigenvalue weighted by Gasteiger charge is 2.13. The van der Waals surface area contributed by atoms with E-state index in [0.717, 1.165) is 10.1 Å². The highest BCUT2D eigenvalue weighted by molar-refractivity contribution is 7.21. The van der Waals surface area contributed by atoms with Crippen LogP contribution in [0.1, 0.15) is 14.5 Å². The number of nitrogens with zero attached hydrogens (tertiary/aromatic N) is 2. The summed E-state index contributed by atoms with van der Waals surface area (Å²) in [5.41, 5.74) is 0. The maximum absolute atomic E-state index is 12.4. The van der Waals surface area contributed by atoms with Gasteiger partial charge in [0, 0.05) is 9.58 Å². The zero-order valence-electron chi connectivity index (χ0n) is 12.4. The molecular formula is C16H12N4OS3. The number of nitrogens with one attached hydrogen (secondary N) is 2. The first kappa shape index (κ1) is 15.3. The van der Waals surface area contributed by atoms with E-state index in [1.165, 1.54) is 27.6 Å². The number of carbonyl (C=O) groups excluding carboxylic acids is 1. The van der Waals surface area contributed by atoms with Gasteiger partial charge in [0.2, 0.25) is 10.3 Å². The highest BCUT2D eigenvalue weighted by Crippen LogP contribution is 2.27. The van der Waals surface area contributed by atoms with Crippen LogP contribution in [0.3, 0.4) is 0 Å².